The molecule has 1 atom stereocenters. The molecule has 7 heteroatoms. The Morgan fingerprint density at radius 2 is 1.94 bits per heavy atom. The van der Waals surface area contributed by atoms with Gasteiger partial charge in [0.1, 0.15) is 0 Å². The maximum Gasteiger partial charge on any atom is 0.264 e. The van der Waals surface area contributed by atoms with Gasteiger partial charge in [0.05, 0.1) is 10.9 Å². The molecular weight excluding hydrogens is 276 g/mol. The first-order valence-electron chi connectivity index (χ1n) is 5.45. The number of benzene rings is 1. The number of halogens is 1. The molecule has 1 amide bonds. The van der Waals surface area contributed by atoms with E-state index in [-0.39, 0.29) is 17.3 Å². The van der Waals surface area contributed by atoms with Gasteiger partial charge in [0.25, 0.3) is 15.9 Å². The van der Waals surface area contributed by atoms with Crippen molar-refractivity contribution in [2.75, 3.05) is 6.54 Å². The maximum atomic E-state index is 11.8. The van der Waals surface area contributed by atoms with Crippen LogP contribution in [0.3, 0.4) is 0 Å². The van der Waals surface area contributed by atoms with Gasteiger partial charge in [0.2, 0.25) is 0 Å². The second-order valence-electron chi connectivity index (χ2n) is 3.93. The lowest BCUT2D eigenvalue weighted by Gasteiger charge is -2.11. The summed E-state index contributed by atoms with van der Waals surface area (Å²) >= 11 is 0. The summed E-state index contributed by atoms with van der Waals surface area (Å²) < 4.78 is 25.8. The molecule has 0 aliphatic carbocycles. The van der Waals surface area contributed by atoms with Gasteiger partial charge in [-0.3, -0.25) is 4.79 Å². The van der Waals surface area contributed by atoms with Crippen LogP contribution in [0.2, 0.25) is 0 Å². The van der Waals surface area contributed by atoms with Crippen LogP contribution in [0.4, 0.5) is 0 Å². The molecule has 5 nitrogen and oxygen atoms in total. The number of hydrogen-bond acceptors (Lipinski definition) is 4. The van der Waals surface area contributed by atoms with Crippen molar-refractivity contribution in [3.8, 4) is 0 Å². The average molecular weight is 291 g/mol. The molecule has 18 heavy (non-hydrogen) atoms. The molecule has 2 rings (SSSR count). The molecular formula is C11H15ClN2O3S. The number of rotatable bonds is 3. The van der Waals surface area contributed by atoms with Crippen molar-refractivity contribution < 1.29 is 13.2 Å². The fraction of sp³-hybridized carbons (Fsp3) is 0.364. The molecule has 2 N–H and O–H groups in total. The maximum absolute atomic E-state index is 11.8. The number of carbonyl (C=O) groups is 1. The summed E-state index contributed by atoms with van der Waals surface area (Å²) in [5.74, 6) is -0.480. The van der Waals surface area contributed by atoms with Crippen molar-refractivity contribution >= 4 is 28.3 Å². The first-order valence-corrected chi connectivity index (χ1v) is 6.93. The van der Waals surface area contributed by atoms with Crippen molar-refractivity contribution in [2.45, 2.75) is 23.8 Å². The van der Waals surface area contributed by atoms with E-state index in [1.807, 2.05) is 0 Å². The highest BCUT2D eigenvalue weighted by Gasteiger charge is 2.26. The highest BCUT2D eigenvalue weighted by Crippen LogP contribution is 2.09. The monoisotopic (exact) mass is 290 g/mol. The van der Waals surface area contributed by atoms with E-state index in [1.165, 1.54) is 12.1 Å². The molecule has 0 saturated carbocycles. The van der Waals surface area contributed by atoms with E-state index in [2.05, 4.69) is 10.0 Å². The van der Waals surface area contributed by atoms with Gasteiger partial charge in [-0.15, -0.1) is 12.4 Å². The Morgan fingerprint density at radius 3 is 2.50 bits per heavy atom. The lowest BCUT2D eigenvalue weighted by atomic mass is 10.2. The van der Waals surface area contributed by atoms with Crippen molar-refractivity contribution in [2.24, 2.45) is 0 Å². The first-order chi connectivity index (χ1) is 8.09. The quantitative estimate of drug-likeness (QED) is 0.858. The van der Waals surface area contributed by atoms with Crippen LogP contribution in [-0.2, 0) is 14.8 Å². The predicted octanol–water partition coefficient (Wildman–Crippen LogP) is 0.665. The van der Waals surface area contributed by atoms with E-state index in [1.54, 1.807) is 18.2 Å². The molecule has 1 heterocycles. The van der Waals surface area contributed by atoms with Crippen molar-refractivity contribution in [3.05, 3.63) is 30.3 Å². The zero-order valence-electron chi connectivity index (χ0n) is 9.63. The minimum absolute atomic E-state index is 0. The van der Waals surface area contributed by atoms with Gasteiger partial charge in [-0.1, -0.05) is 18.2 Å². The molecule has 0 aromatic heterocycles. The minimum Gasteiger partial charge on any atom is -0.306 e. The standard InChI is InChI=1S/C11H14N2O3S.ClH/c14-11(10-7-4-8-12-10)13-17(15,16)9-5-2-1-3-6-9;/h1-3,5-6,10,12H,4,7-8H2,(H,13,14);1H/t10-;/m0./s1. The van der Waals surface area contributed by atoms with Gasteiger partial charge < -0.3 is 5.32 Å². The summed E-state index contributed by atoms with van der Waals surface area (Å²) in [5.41, 5.74) is 0. The lowest BCUT2D eigenvalue weighted by Crippen LogP contribution is -2.43. The van der Waals surface area contributed by atoms with E-state index < -0.39 is 22.0 Å². The normalized spacial score (nSPS) is 19.0. The molecule has 1 saturated heterocycles. The Balaban J connectivity index is 0.00000162. The van der Waals surface area contributed by atoms with Crippen LogP contribution in [0, 0.1) is 0 Å². The van der Waals surface area contributed by atoms with E-state index in [0.717, 1.165) is 13.0 Å². The van der Waals surface area contributed by atoms with Gasteiger partial charge in [0.15, 0.2) is 0 Å². The molecule has 0 unspecified atom stereocenters. The Morgan fingerprint density at radius 1 is 1.28 bits per heavy atom. The van der Waals surface area contributed by atoms with Crippen LogP contribution < -0.4 is 10.0 Å². The second-order valence-corrected chi connectivity index (χ2v) is 5.61. The number of hydrogen-bond donors (Lipinski definition) is 2. The lowest BCUT2D eigenvalue weighted by molar-refractivity contribution is -0.121. The Bertz CT molecular complexity index is 498. The third-order valence-corrected chi connectivity index (χ3v) is 4.03. The van der Waals surface area contributed by atoms with Crippen molar-refractivity contribution in [1.82, 2.24) is 10.0 Å². The fourth-order valence-corrected chi connectivity index (χ4v) is 2.81. The number of carbonyl (C=O) groups excluding carboxylic acids is 1. The van der Waals surface area contributed by atoms with Gasteiger partial charge in [0, 0.05) is 0 Å². The smallest absolute Gasteiger partial charge is 0.264 e. The van der Waals surface area contributed by atoms with Crippen molar-refractivity contribution in [1.29, 1.82) is 0 Å². The fourth-order valence-electron chi connectivity index (χ4n) is 1.77. The molecule has 100 valence electrons. The molecule has 1 aliphatic rings. The first kappa shape index (κ1) is 14.9. The molecule has 1 aliphatic heterocycles. The van der Waals surface area contributed by atoms with Crippen LogP contribution >= 0.6 is 12.4 Å². The minimum atomic E-state index is -3.74. The third kappa shape index (κ3) is 3.44. The number of amides is 1. The van der Waals surface area contributed by atoms with E-state index >= 15 is 0 Å². The van der Waals surface area contributed by atoms with E-state index in [4.69, 9.17) is 0 Å². The highest BCUT2D eigenvalue weighted by atomic mass is 35.5. The Labute approximate surface area is 112 Å². The van der Waals surface area contributed by atoms with Crippen LogP contribution in [-0.4, -0.2) is 26.9 Å². The second kappa shape index (κ2) is 6.17. The molecule has 1 aromatic carbocycles. The predicted molar refractivity (Wildman–Crippen MR) is 70.0 cm³/mol. The molecule has 1 aromatic rings. The number of sulfonamides is 1. The van der Waals surface area contributed by atoms with Crippen LogP contribution in [0.15, 0.2) is 35.2 Å². The Hall–Kier alpha value is -1.11. The summed E-state index contributed by atoms with van der Waals surface area (Å²) in [7, 11) is -3.74. The molecule has 0 bridgehead atoms. The summed E-state index contributed by atoms with van der Waals surface area (Å²) in [6, 6.07) is 7.47. The van der Waals surface area contributed by atoms with E-state index in [9.17, 15) is 13.2 Å². The number of nitrogens with one attached hydrogen (secondary N) is 2. The molecule has 1 fully saturated rings. The van der Waals surface area contributed by atoms with Gasteiger partial charge >= 0.3 is 0 Å². The third-order valence-electron chi connectivity index (χ3n) is 2.67. The Kier molecular flexibility index (Phi) is 5.13. The van der Waals surface area contributed by atoms with Gasteiger partial charge in [-0.05, 0) is 31.5 Å². The largest absolute Gasteiger partial charge is 0.306 e. The topological polar surface area (TPSA) is 75.3 Å². The van der Waals surface area contributed by atoms with Gasteiger partial charge in [-0.2, -0.15) is 0 Å². The summed E-state index contributed by atoms with van der Waals surface area (Å²) in [6.07, 6.45) is 1.57. The van der Waals surface area contributed by atoms with Crippen LogP contribution in [0.1, 0.15) is 12.8 Å². The SMILES string of the molecule is Cl.O=C(NS(=O)(=O)c1ccccc1)[C@@H]1CCCN1. The van der Waals surface area contributed by atoms with E-state index in [0.29, 0.717) is 6.42 Å². The van der Waals surface area contributed by atoms with Crippen LogP contribution in [0.25, 0.3) is 0 Å². The summed E-state index contributed by atoms with van der Waals surface area (Å²) in [6.45, 7) is 0.753. The molecule has 0 spiro atoms. The average Bonchev–Trinajstić information content (AvgIpc) is 2.83. The highest BCUT2D eigenvalue weighted by molar-refractivity contribution is 7.90. The van der Waals surface area contributed by atoms with Crippen LogP contribution in [0.5, 0.6) is 0 Å². The zero-order valence-corrected chi connectivity index (χ0v) is 11.3. The van der Waals surface area contributed by atoms with Crippen molar-refractivity contribution in [3.63, 3.8) is 0 Å². The van der Waals surface area contributed by atoms with Gasteiger partial charge in [-0.25, -0.2) is 13.1 Å². The molecule has 0 radical (unpaired) electrons. The summed E-state index contributed by atoms with van der Waals surface area (Å²) in [5, 5.41) is 2.95. The summed E-state index contributed by atoms with van der Waals surface area (Å²) in [4.78, 5) is 11.8. The zero-order chi connectivity index (χ0) is 12.3.